The molecule has 3 unspecified atom stereocenters. The second-order valence-electron chi connectivity index (χ2n) is 5.85. The highest BCUT2D eigenvalue weighted by Crippen LogP contribution is 2.32. The molecule has 0 spiro atoms. The molecule has 1 saturated heterocycles. The van der Waals surface area contributed by atoms with Gasteiger partial charge < -0.3 is 5.73 Å². The van der Waals surface area contributed by atoms with Gasteiger partial charge in [-0.3, -0.25) is 4.90 Å². The van der Waals surface area contributed by atoms with Crippen LogP contribution in [0.15, 0.2) is 18.2 Å². The summed E-state index contributed by atoms with van der Waals surface area (Å²) in [6.45, 7) is 8.24. The van der Waals surface area contributed by atoms with Crippen LogP contribution in [0.25, 0.3) is 0 Å². The fraction of sp³-hybridized carbons (Fsp3) is 0.625. The molecule has 19 heavy (non-hydrogen) atoms. The summed E-state index contributed by atoms with van der Waals surface area (Å²) in [5.41, 5.74) is 8.19. The maximum atomic E-state index is 13.3. The summed E-state index contributed by atoms with van der Waals surface area (Å²) >= 11 is 0. The van der Waals surface area contributed by atoms with E-state index in [9.17, 15) is 4.39 Å². The molecule has 2 rings (SSSR count). The summed E-state index contributed by atoms with van der Waals surface area (Å²) < 4.78 is 13.3. The zero-order valence-electron chi connectivity index (χ0n) is 12.2. The number of likely N-dealkylation sites (tertiary alicyclic amines) is 1. The van der Waals surface area contributed by atoms with Crippen molar-refractivity contribution in [1.29, 1.82) is 0 Å². The van der Waals surface area contributed by atoms with Gasteiger partial charge >= 0.3 is 0 Å². The molecule has 0 bridgehead atoms. The first-order valence-electron chi connectivity index (χ1n) is 7.26. The van der Waals surface area contributed by atoms with E-state index in [1.807, 2.05) is 13.0 Å². The van der Waals surface area contributed by atoms with Crippen molar-refractivity contribution < 1.29 is 4.39 Å². The molecule has 1 aliphatic heterocycles. The zero-order valence-corrected chi connectivity index (χ0v) is 12.2. The highest BCUT2D eigenvalue weighted by molar-refractivity contribution is 5.30. The molecule has 1 aromatic rings. The van der Waals surface area contributed by atoms with Gasteiger partial charge in [0.1, 0.15) is 5.82 Å². The molecule has 0 amide bonds. The molecule has 0 radical (unpaired) electrons. The second kappa shape index (κ2) is 6.02. The maximum absolute atomic E-state index is 13.3. The Morgan fingerprint density at radius 3 is 2.79 bits per heavy atom. The van der Waals surface area contributed by atoms with Gasteiger partial charge in [-0.2, -0.15) is 0 Å². The van der Waals surface area contributed by atoms with Crippen LogP contribution in [0.1, 0.15) is 43.9 Å². The van der Waals surface area contributed by atoms with Gasteiger partial charge in [0.25, 0.3) is 0 Å². The van der Waals surface area contributed by atoms with Gasteiger partial charge in [0.05, 0.1) is 0 Å². The molecule has 2 nitrogen and oxygen atoms in total. The van der Waals surface area contributed by atoms with Crippen LogP contribution in [0.5, 0.6) is 0 Å². The van der Waals surface area contributed by atoms with Crippen molar-refractivity contribution in [2.75, 3.05) is 13.1 Å². The van der Waals surface area contributed by atoms with Gasteiger partial charge in [-0.25, -0.2) is 4.39 Å². The van der Waals surface area contributed by atoms with Crippen LogP contribution < -0.4 is 5.73 Å². The standard InChI is InChI=1S/C16H25FN2/c1-11-5-4-8-19(13(11)3)16(10-18)15-7-6-14(17)9-12(15)2/h6-7,9,11,13,16H,4-5,8,10,18H2,1-3H3. The molecule has 3 atom stereocenters. The third-order valence-corrected chi connectivity index (χ3v) is 4.64. The predicted molar refractivity (Wildman–Crippen MR) is 77.5 cm³/mol. The third kappa shape index (κ3) is 2.98. The van der Waals surface area contributed by atoms with E-state index in [4.69, 9.17) is 5.73 Å². The smallest absolute Gasteiger partial charge is 0.123 e. The van der Waals surface area contributed by atoms with Crippen molar-refractivity contribution in [2.45, 2.75) is 45.7 Å². The van der Waals surface area contributed by atoms with Crippen LogP contribution >= 0.6 is 0 Å². The number of hydrogen-bond acceptors (Lipinski definition) is 2. The quantitative estimate of drug-likeness (QED) is 0.908. The monoisotopic (exact) mass is 264 g/mol. The van der Waals surface area contributed by atoms with E-state index < -0.39 is 0 Å². The van der Waals surface area contributed by atoms with Crippen LogP contribution in [-0.4, -0.2) is 24.0 Å². The largest absolute Gasteiger partial charge is 0.329 e. The van der Waals surface area contributed by atoms with Crippen LogP contribution in [0.4, 0.5) is 4.39 Å². The Kier molecular flexibility index (Phi) is 4.58. The van der Waals surface area contributed by atoms with E-state index >= 15 is 0 Å². The van der Waals surface area contributed by atoms with Crippen molar-refractivity contribution >= 4 is 0 Å². The summed E-state index contributed by atoms with van der Waals surface area (Å²) in [6.07, 6.45) is 2.51. The molecule has 0 aromatic heterocycles. The van der Waals surface area contributed by atoms with E-state index in [2.05, 4.69) is 18.7 Å². The van der Waals surface area contributed by atoms with Gasteiger partial charge in [-0.15, -0.1) is 0 Å². The molecular formula is C16H25FN2. The first-order valence-corrected chi connectivity index (χ1v) is 7.26. The van der Waals surface area contributed by atoms with Crippen LogP contribution in [-0.2, 0) is 0 Å². The molecule has 1 fully saturated rings. The molecule has 0 saturated carbocycles. The van der Waals surface area contributed by atoms with Gasteiger partial charge in [-0.1, -0.05) is 13.0 Å². The molecule has 1 aromatic carbocycles. The van der Waals surface area contributed by atoms with E-state index in [1.165, 1.54) is 18.4 Å². The average molecular weight is 264 g/mol. The predicted octanol–water partition coefficient (Wildman–Crippen LogP) is 3.25. The first kappa shape index (κ1) is 14.5. The zero-order chi connectivity index (χ0) is 14.0. The van der Waals surface area contributed by atoms with Gasteiger partial charge in [0, 0.05) is 18.6 Å². The minimum absolute atomic E-state index is 0.169. The number of halogens is 1. The number of piperidine rings is 1. The Morgan fingerprint density at radius 2 is 2.16 bits per heavy atom. The molecule has 106 valence electrons. The lowest BCUT2D eigenvalue weighted by Crippen LogP contribution is -2.46. The second-order valence-corrected chi connectivity index (χ2v) is 5.85. The maximum Gasteiger partial charge on any atom is 0.123 e. The summed E-state index contributed by atoms with van der Waals surface area (Å²) in [5.74, 6) is 0.528. The number of aryl methyl sites for hydroxylation is 1. The SMILES string of the molecule is Cc1cc(F)ccc1C(CN)N1CCCC(C)C1C. The molecule has 1 aliphatic rings. The van der Waals surface area contributed by atoms with Crippen LogP contribution in [0.2, 0.25) is 0 Å². The fourth-order valence-corrected chi connectivity index (χ4v) is 3.26. The molecule has 0 aliphatic carbocycles. The summed E-state index contributed by atoms with van der Waals surface area (Å²) in [5, 5.41) is 0. The molecular weight excluding hydrogens is 239 g/mol. The third-order valence-electron chi connectivity index (χ3n) is 4.64. The van der Waals surface area contributed by atoms with Crippen LogP contribution in [0, 0.1) is 18.7 Å². The first-order chi connectivity index (χ1) is 9.04. The number of benzene rings is 1. The number of rotatable bonds is 3. The van der Waals surface area contributed by atoms with E-state index in [-0.39, 0.29) is 11.9 Å². The Balaban J connectivity index is 2.28. The number of hydrogen-bond donors (Lipinski definition) is 1. The Hall–Kier alpha value is -0.930. The lowest BCUT2D eigenvalue weighted by molar-refractivity contribution is 0.0707. The highest BCUT2D eigenvalue weighted by Gasteiger charge is 2.30. The van der Waals surface area contributed by atoms with E-state index in [0.29, 0.717) is 18.5 Å². The normalized spacial score (nSPS) is 26.4. The minimum Gasteiger partial charge on any atom is -0.329 e. The van der Waals surface area contributed by atoms with Crippen LogP contribution in [0.3, 0.4) is 0 Å². The highest BCUT2D eigenvalue weighted by atomic mass is 19.1. The number of nitrogens with zero attached hydrogens (tertiary/aromatic N) is 1. The topological polar surface area (TPSA) is 29.3 Å². The van der Waals surface area contributed by atoms with E-state index in [0.717, 1.165) is 12.1 Å². The number of nitrogens with two attached hydrogens (primary N) is 1. The minimum atomic E-state index is -0.169. The van der Waals surface area contributed by atoms with Gasteiger partial charge in [-0.05, 0) is 62.4 Å². The lowest BCUT2D eigenvalue weighted by atomic mass is 9.88. The lowest BCUT2D eigenvalue weighted by Gasteiger charge is -2.43. The van der Waals surface area contributed by atoms with Crippen molar-refractivity contribution in [3.05, 3.63) is 35.1 Å². The summed E-state index contributed by atoms with van der Waals surface area (Å²) in [6, 6.07) is 5.79. The molecule has 3 heteroatoms. The van der Waals surface area contributed by atoms with Crippen molar-refractivity contribution in [3.8, 4) is 0 Å². The molecule has 2 N–H and O–H groups in total. The Bertz CT molecular complexity index is 433. The van der Waals surface area contributed by atoms with Crippen molar-refractivity contribution in [3.63, 3.8) is 0 Å². The summed E-state index contributed by atoms with van der Waals surface area (Å²) in [4.78, 5) is 2.49. The average Bonchev–Trinajstić information content (AvgIpc) is 2.37. The Labute approximate surface area is 115 Å². The molecule has 1 heterocycles. The fourth-order valence-electron chi connectivity index (χ4n) is 3.26. The van der Waals surface area contributed by atoms with Gasteiger partial charge in [0.2, 0.25) is 0 Å². The van der Waals surface area contributed by atoms with E-state index in [1.54, 1.807) is 12.1 Å². The Morgan fingerprint density at radius 1 is 1.42 bits per heavy atom. The van der Waals surface area contributed by atoms with Gasteiger partial charge in [0.15, 0.2) is 0 Å². The summed E-state index contributed by atoms with van der Waals surface area (Å²) in [7, 11) is 0. The van der Waals surface area contributed by atoms with Crippen molar-refractivity contribution in [1.82, 2.24) is 4.90 Å². The van der Waals surface area contributed by atoms with Crippen molar-refractivity contribution in [2.24, 2.45) is 11.7 Å².